The van der Waals surface area contributed by atoms with E-state index in [-0.39, 0.29) is 18.1 Å². The fourth-order valence-electron chi connectivity index (χ4n) is 9.44. The van der Waals surface area contributed by atoms with Gasteiger partial charge in [0.2, 0.25) is 0 Å². The summed E-state index contributed by atoms with van der Waals surface area (Å²) in [6, 6.07) is 84.3. The van der Waals surface area contributed by atoms with Gasteiger partial charge in [-0.3, -0.25) is 4.99 Å². The molecule has 1 aliphatic heterocycles. The molecule has 5 N–H and O–H groups in total. The molecule has 0 spiro atoms. The van der Waals surface area contributed by atoms with E-state index in [4.69, 9.17) is 21.5 Å². The Bertz CT molecular complexity index is 3470. The lowest BCUT2D eigenvalue weighted by Gasteiger charge is -2.24. The van der Waals surface area contributed by atoms with Crippen LogP contribution in [0.3, 0.4) is 0 Å². The fraction of sp³-hybridized carbons (Fsp3) is 0.0476. The molecular weight excluding hydrogens is 827 g/mol. The normalized spacial score (nSPS) is 14.7. The van der Waals surface area contributed by atoms with Crippen molar-refractivity contribution in [2.75, 3.05) is 0 Å². The minimum absolute atomic E-state index is 0.00597. The van der Waals surface area contributed by atoms with Gasteiger partial charge in [-0.2, -0.15) is 0 Å². The summed E-state index contributed by atoms with van der Waals surface area (Å²) in [4.78, 5) is 10.1. The molecule has 2 unspecified atom stereocenters. The van der Waals surface area contributed by atoms with Gasteiger partial charge in [0.05, 0.1) is 23.8 Å². The van der Waals surface area contributed by atoms with E-state index in [2.05, 4.69) is 187 Å². The van der Waals surface area contributed by atoms with Crippen LogP contribution in [0.2, 0.25) is 0 Å². The fourth-order valence-corrected chi connectivity index (χ4v) is 9.44. The van der Waals surface area contributed by atoms with Gasteiger partial charge >= 0.3 is 0 Å². The third-order valence-electron chi connectivity index (χ3n) is 13.1. The number of rotatable bonds is 11. The van der Waals surface area contributed by atoms with Crippen LogP contribution in [0, 0.1) is 0 Å². The zero-order valence-electron chi connectivity index (χ0n) is 37.5. The molecule has 326 valence electrons. The van der Waals surface area contributed by atoms with Crippen molar-refractivity contribution in [3.63, 3.8) is 0 Å². The molecule has 5 nitrogen and oxygen atoms in total. The highest BCUT2D eigenvalue weighted by atomic mass is 15.0. The number of amidine groups is 2. The molecule has 68 heavy (non-hydrogen) atoms. The zero-order valence-corrected chi connectivity index (χ0v) is 37.5. The number of benzene rings is 10. The van der Waals surface area contributed by atoms with Crippen LogP contribution < -0.4 is 16.8 Å². The third-order valence-corrected chi connectivity index (χ3v) is 13.1. The second-order valence-corrected chi connectivity index (χ2v) is 17.4. The van der Waals surface area contributed by atoms with Crippen molar-refractivity contribution in [3.05, 3.63) is 282 Å². The number of nitrogens with one attached hydrogen (secondary N) is 1. The molecular formula is C63H49N5. The standard InChI is InChI=1S/C63H49N5/c64-60(46-17-7-2-8-18-46)61(68-62(65)48-19-9-3-10-20-48)47-33-29-43(30-34-47)51-36-38-55-53(40-51)24-14-26-57(55)56-25-13-23-52-39-50(35-37-54(52)56)42-27-31-45(32-28-42)59-41-58(44-15-5-1-6-16-44)66-63(67-59)49-21-11-4-12-22-49/h1-41,58,60-61H,64H2,(H2,65,68)(H,66,67)/t58?,60-,61?/m0/s1. The average Bonchev–Trinajstić information content (AvgIpc) is 3.42. The van der Waals surface area contributed by atoms with Crippen molar-refractivity contribution in [1.29, 1.82) is 0 Å². The summed E-state index contributed by atoms with van der Waals surface area (Å²) in [7, 11) is 0. The van der Waals surface area contributed by atoms with Gasteiger partial charge in [-0.15, -0.1) is 0 Å². The predicted molar refractivity (Wildman–Crippen MR) is 284 cm³/mol. The predicted octanol–water partition coefficient (Wildman–Crippen LogP) is 14.3. The highest BCUT2D eigenvalue weighted by molar-refractivity contribution is 6.07. The van der Waals surface area contributed by atoms with Crippen LogP contribution in [0.15, 0.2) is 259 Å². The Labute approximate surface area is 397 Å². The topological polar surface area (TPSA) is 88.8 Å². The minimum Gasteiger partial charge on any atom is -0.383 e. The first-order chi connectivity index (χ1) is 33.5. The van der Waals surface area contributed by atoms with Crippen molar-refractivity contribution >= 4 is 38.9 Å². The molecule has 11 rings (SSSR count). The molecule has 0 aromatic heterocycles. The number of aliphatic imine (C=N–C) groups is 2. The molecule has 0 amide bonds. The van der Waals surface area contributed by atoms with Crippen LogP contribution in [0.5, 0.6) is 0 Å². The van der Waals surface area contributed by atoms with E-state index in [0.29, 0.717) is 5.84 Å². The summed E-state index contributed by atoms with van der Waals surface area (Å²) in [6.45, 7) is 0. The number of hydrogen-bond donors (Lipinski definition) is 3. The molecule has 5 heteroatoms. The first-order valence-electron chi connectivity index (χ1n) is 23.2. The second-order valence-electron chi connectivity index (χ2n) is 17.4. The maximum Gasteiger partial charge on any atom is 0.134 e. The highest BCUT2D eigenvalue weighted by Gasteiger charge is 2.23. The molecule has 0 bridgehead atoms. The lowest BCUT2D eigenvalue weighted by Crippen LogP contribution is -2.31. The van der Waals surface area contributed by atoms with Gasteiger partial charge in [0.25, 0.3) is 0 Å². The third kappa shape index (κ3) is 8.62. The van der Waals surface area contributed by atoms with E-state index in [1.54, 1.807) is 0 Å². The average molecular weight is 876 g/mol. The Hall–Kier alpha value is -8.64. The van der Waals surface area contributed by atoms with Gasteiger partial charge in [-0.1, -0.05) is 231 Å². The molecule has 0 fully saturated rings. The quantitative estimate of drug-likeness (QED) is 0.0893. The van der Waals surface area contributed by atoms with E-state index >= 15 is 0 Å². The Morgan fingerprint density at radius 2 is 0.956 bits per heavy atom. The molecule has 10 aromatic rings. The van der Waals surface area contributed by atoms with Crippen molar-refractivity contribution in [2.24, 2.45) is 21.5 Å². The Balaban J connectivity index is 0.863. The van der Waals surface area contributed by atoms with Crippen LogP contribution in [-0.4, -0.2) is 11.7 Å². The molecule has 10 aromatic carbocycles. The minimum atomic E-state index is -0.377. The van der Waals surface area contributed by atoms with Crippen molar-refractivity contribution in [2.45, 2.75) is 18.1 Å². The summed E-state index contributed by atoms with van der Waals surface area (Å²) < 4.78 is 0. The Morgan fingerprint density at radius 1 is 0.456 bits per heavy atom. The molecule has 3 atom stereocenters. The van der Waals surface area contributed by atoms with Gasteiger partial charge in [0.1, 0.15) is 11.7 Å². The smallest absolute Gasteiger partial charge is 0.134 e. The van der Waals surface area contributed by atoms with Gasteiger partial charge in [0, 0.05) is 11.1 Å². The van der Waals surface area contributed by atoms with Crippen molar-refractivity contribution in [1.82, 2.24) is 5.32 Å². The van der Waals surface area contributed by atoms with E-state index in [9.17, 15) is 0 Å². The molecule has 0 radical (unpaired) electrons. The summed E-state index contributed by atoms with van der Waals surface area (Å²) >= 11 is 0. The van der Waals surface area contributed by atoms with Crippen molar-refractivity contribution < 1.29 is 0 Å². The first kappa shape index (κ1) is 42.0. The first-order valence-corrected chi connectivity index (χ1v) is 23.2. The maximum atomic E-state index is 6.93. The summed E-state index contributed by atoms with van der Waals surface area (Å²) in [6.07, 6.45) is 2.22. The van der Waals surface area contributed by atoms with Gasteiger partial charge in [-0.25, -0.2) is 4.99 Å². The van der Waals surface area contributed by atoms with Gasteiger partial charge < -0.3 is 16.8 Å². The van der Waals surface area contributed by atoms with E-state index < -0.39 is 0 Å². The highest BCUT2D eigenvalue weighted by Crippen LogP contribution is 2.38. The number of nitrogens with two attached hydrogens (primary N) is 2. The van der Waals surface area contributed by atoms with Crippen LogP contribution in [0.4, 0.5) is 0 Å². The summed E-state index contributed by atoms with van der Waals surface area (Å²) in [5.41, 5.74) is 27.7. The SMILES string of the molecule is N/C(=N\C(c1ccc(-c2ccc3c(-c4cccc5cc(-c6ccc(C7=CC(c8ccccc8)NC(c8ccccc8)=N7)cc6)ccc45)cccc3c2)cc1)[C@@H](N)c1ccccc1)c1ccccc1. The largest absolute Gasteiger partial charge is 0.383 e. The molecule has 1 heterocycles. The molecule has 0 saturated heterocycles. The van der Waals surface area contributed by atoms with Gasteiger partial charge in [0.15, 0.2) is 0 Å². The number of nitrogens with zero attached hydrogens (tertiary/aromatic N) is 2. The Morgan fingerprint density at radius 3 is 1.54 bits per heavy atom. The monoisotopic (exact) mass is 875 g/mol. The second kappa shape index (κ2) is 18.7. The maximum absolute atomic E-state index is 6.93. The van der Waals surface area contributed by atoms with Gasteiger partial charge in [-0.05, 0) is 95.4 Å². The molecule has 1 aliphatic rings. The van der Waals surface area contributed by atoms with E-state index in [1.165, 1.54) is 43.8 Å². The molecule has 0 saturated carbocycles. The zero-order chi connectivity index (χ0) is 45.8. The number of fused-ring (bicyclic) bond motifs is 2. The van der Waals surface area contributed by atoms with Crippen LogP contribution in [0.25, 0.3) is 60.6 Å². The van der Waals surface area contributed by atoms with Crippen molar-refractivity contribution in [3.8, 4) is 33.4 Å². The molecule has 0 aliphatic carbocycles. The van der Waals surface area contributed by atoms with Crippen LogP contribution in [-0.2, 0) is 0 Å². The summed E-state index contributed by atoms with van der Waals surface area (Å²) in [5.74, 6) is 1.33. The lowest BCUT2D eigenvalue weighted by molar-refractivity contribution is 0.577. The van der Waals surface area contributed by atoms with E-state index in [0.717, 1.165) is 56.0 Å². The van der Waals surface area contributed by atoms with E-state index in [1.807, 2.05) is 66.7 Å². The lowest BCUT2D eigenvalue weighted by atomic mass is 9.90. The Kier molecular flexibility index (Phi) is 11.6. The number of hydrogen-bond acceptors (Lipinski definition) is 4. The van der Waals surface area contributed by atoms with Crippen LogP contribution >= 0.6 is 0 Å². The van der Waals surface area contributed by atoms with Crippen LogP contribution in [0.1, 0.15) is 51.5 Å². The summed E-state index contributed by atoms with van der Waals surface area (Å²) in [5, 5.41) is 8.46.